The molecule has 1 atom stereocenters. The van der Waals surface area contributed by atoms with Crippen molar-refractivity contribution in [3.05, 3.63) is 59.7 Å². The average Bonchev–Trinajstić information content (AvgIpc) is 2.81. The van der Waals surface area contributed by atoms with Gasteiger partial charge < -0.3 is 23.7 Å². The monoisotopic (exact) mass is 444 g/mol. The Bertz CT molecular complexity index is 815. The molecule has 0 aliphatic carbocycles. The van der Waals surface area contributed by atoms with Gasteiger partial charge in [0.25, 0.3) is 0 Å². The zero-order valence-corrected chi connectivity index (χ0v) is 19.0. The predicted molar refractivity (Wildman–Crippen MR) is 120 cm³/mol. The zero-order valence-electron chi connectivity index (χ0n) is 19.0. The molecule has 0 amide bonds. The summed E-state index contributed by atoms with van der Waals surface area (Å²) >= 11 is 0. The van der Waals surface area contributed by atoms with E-state index < -0.39 is 5.97 Å². The van der Waals surface area contributed by atoms with Gasteiger partial charge in [0.1, 0.15) is 24.7 Å². The van der Waals surface area contributed by atoms with E-state index in [4.69, 9.17) is 23.7 Å². The molecule has 0 radical (unpaired) electrons. The first-order valence-corrected chi connectivity index (χ1v) is 10.8. The standard InChI is InChI=1S/C25H32O7/c1-4-20(3)24(26)31-18-16-29-14-13-28-15-17-30-22-11-7-21(8-12-22)25(27)32-23-9-5-19(2)6-10-23/h5-12,20H,4,13-18H2,1-3H3. The van der Waals surface area contributed by atoms with Crippen LogP contribution in [0.2, 0.25) is 0 Å². The lowest BCUT2D eigenvalue weighted by Gasteiger charge is -2.10. The van der Waals surface area contributed by atoms with E-state index in [1.807, 2.05) is 32.9 Å². The highest BCUT2D eigenvalue weighted by molar-refractivity contribution is 5.91. The number of ether oxygens (including phenoxy) is 5. The number of benzene rings is 2. The molecule has 0 bridgehead atoms. The Labute approximate surface area is 189 Å². The number of rotatable bonds is 14. The first kappa shape index (κ1) is 25.4. The van der Waals surface area contributed by atoms with Crippen LogP contribution in [0.3, 0.4) is 0 Å². The SMILES string of the molecule is CCC(C)C(=O)OCCOCCOCCOc1ccc(C(=O)Oc2ccc(C)cc2)cc1. The quantitative estimate of drug-likeness (QED) is 0.245. The zero-order chi connectivity index (χ0) is 23.2. The van der Waals surface area contributed by atoms with E-state index in [9.17, 15) is 9.59 Å². The lowest BCUT2D eigenvalue weighted by Crippen LogP contribution is -2.18. The van der Waals surface area contributed by atoms with Gasteiger partial charge in [0.2, 0.25) is 0 Å². The van der Waals surface area contributed by atoms with Crippen molar-refractivity contribution in [2.75, 3.05) is 39.6 Å². The third kappa shape index (κ3) is 9.49. The fraction of sp³-hybridized carbons (Fsp3) is 0.440. The highest BCUT2D eigenvalue weighted by atomic mass is 16.6. The molecule has 2 rings (SSSR count). The molecule has 1 unspecified atom stereocenters. The number of hydrogen-bond donors (Lipinski definition) is 0. The van der Waals surface area contributed by atoms with Crippen LogP contribution in [0, 0.1) is 12.8 Å². The van der Waals surface area contributed by atoms with Crippen molar-refractivity contribution in [1.82, 2.24) is 0 Å². The lowest BCUT2D eigenvalue weighted by molar-refractivity contribution is -0.149. The molecule has 0 aliphatic rings. The minimum absolute atomic E-state index is 0.0815. The van der Waals surface area contributed by atoms with Gasteiger partial charge in [0.05, 0.1) is 37.9 Å². The van der Waals surface area contributed by atoms with Gasteiger partial charge in [-0.05, 0) is 49.7 Å². The van der Waals surface area contributed by atoms with Crippen LogP contribution in [0.15, 0.2) is 48.5 Å². The van der Waals surface area contributed by atoms with E-state index in [1.165, 1.54) is 0 Å². The molecule has 7 nitrogen and oxygen atoms in total. The van der Waals surface area contributed by atoms with E-state index in [0.717, 1.165) is 12.0 Å². The maximum atomic E-state index is 12.2. The number of carbonyl (C=O) groups is 2. The average molecular weight is 445 g/mol. The molecule has 174 valence electrons. The van der Waals surface area contributed by atoms with Crippen LogP contribution in [-0.4, -0.2) is 51.6 Å². The predicted octanol–water partition coefficient (Wildman–Crippen LogP) is 4.22. The van der Waals surface area contributed by atoms with Crippen molar-refractivity contribution in [2.24, 2.45) is 5.92 Å². The van der Waals surface area contributed by atoms with Crippen molar-refractivity contribution in [2.45, 2.75) is 27.2 Å². The first-order valence-electron chi connectivity index (χ1n) is 10.8. The largest absolute Gasteiger partial charge is 0.491 e. The van der Waals surface area contributed by atoms with Crippen LogP contribution in [0.25, 0.3) is 0 Å². The van der Waals surface area contributed by atoms with Crippen LogP contribution in [0.5, 0.6) is 11.5 Å². The molecule has 32 heavy (non-hydrogen) atoms. The number of aryl methyl sites for hydroxylation is 1. The maximum absolute atomic E-state index is 12.2. The summed E-state index contributed by atoms with van der Waals surface area (Å²) in [7, 11) is 0. The summed E-state index contributed by atoms with van der Waals surface area (Å²) in [6.07, 6.45) is 0.764. The molecule has 2 aromatic carbocycles. The van der Waals surface area contributed by atoms with Crippen molar-refractivity contribution in [3.8, 4) is 11.5 Å². The van der Waals surface area contributed by atoms with Crippen molar-refractivity contribution >= 4 is 11.9 Å². The maximum Gasteiger partial charge on any atom is 0.343 e. The molecule has 0 fully saturated rings. The summed E-state index contributed by atoms with van der Waals surface area (Å²) in [5.74, 6) is 0.454. The van der Waals surface area contributed by atoms with Gasteiger partial charge in [0, 0.05) is 0 Å². The van der Waals surface area contributed by atoms with E-state index in [2.05, 4.69) is 0 Å². The Balaban J connectivity index is 1.53. The second kappa shape index (κ2) is 14.2. The molecular formula is C25H32O7. The number of carbonyl (C=O) groups excluding carboxylic acids is 2. The van der Waals surface area contributed by atoms with Gasteiger partial charge in [-0.25, -0.2) is 4.79 Å². The van der Waals surface area contributed by atoms with E-state index in [0.29, 0.717) is 50.1 Å². The first-order chi connectivity index (χ1) is 15.5. The summed E-state index contributed by atoms with van der Waals surface area (Å²) in [6.45, 7) is 7.98. The fourth-order valence-electron chi connectivity index (χ4n) is 2.51. The van der Waals surface area contributed by atoms with Crippen LogP contribution in [0.1, 0.15) is 36.2 Å². The van der Waals surface area contributed by atoms with Gasteiger partial charge in [-0.3, -0.25) is 4.79 Å². The third-order valence-electron chi connectivity index (χ3n) is 4.68. The second-order valence-electron chi connectivity index (χ2n) is 7.28. The minimum Gasteiger partial charge on any atom is -0.491 e. The molecule has 2 aromatic rings. The summed E-state index contributed by atoms with van der Waals surface area (Å²) in [5, 5.41) is 0. The third-order valence-corrected chi connectivity index (χ3v) is 4.68. The summed E-state index contributed by atoms with van der Waals surface area (Å²) in [5.41, 5.74) is 1.55. The molecule has 0 N–H and O–H groups in total. The summed E-state index contributed by atoms with van der Waals surface area (Å²) in [4.78, 5) is 23.7. The van der Waals surface area contributed by atoms with Crippen molar-refractivity contribution in [1.29, 1.82) is 0 Å². The van der Waals surface area contributed by atoms with Gasteiger partial charge in [-0.15, -0.1) is 0 Å². The number of hydrogen-bond acceptors (Lipinski definition) is 7. The summed E-state index contributed by atoms with van der Waals surface area (Å²) in [6, 6.07) is 14.1. The summed E-state index contributed by atoms with van der Waals surface area (Å²) < 4.78 is 26.8. The Kier molecular flexibility index (Phi) is 11.3. The second-order valence-corrected chi connectivity index (χ2v) is 7.28. The van der Waals surface area contributed by atoms with Crippen LogP contribution in [-0.2, 0) is 19.0 Å². The van der Waals surface area contributed by atoms with E-state index in [-0.39, 0.29) is 18.5 Å². The smallest absolute Gasteiger partial charge is 0.343 e. The molecule has 0 spiro atoms. The highest BCUT2D eigenvalue weighted by Gasteiger charge is 2.11. The Morgan fingerprint density at radius 1 is 0.781 bits per heavy atom. The Morgan fingerprint density at radius 3 is 1.97 bits per heavy atom. The van der Waals surface area contributed by atoms with Gasteiger partial charge in [0.15, 0.2) is 0 Å². The van der Waals surface area contributed by atoms with Crippen molar-refractivity contribution in [3.63, 3.8) is 0 Å². The molecule has 0 saturated heterocycles. The number of esters is 2. The van der Waals surface area contributed by atoms with Gasteiger partial charge >= 0.3 is 11.9 Å². The topological polar surface area (TPSA) is 80.3 Å². The Hall–Kier alpha value is -2.90. The van der Waals surface area contributed by atoms with Crippen molar-refractivity contribution < 1.29 is 33.3 Å². The molecule has 7 heteroatoms. The minimum atomic E-state index is -0.418. The lowest BCUT2D eigenvalue weighted by atomic mass is 10.1. The molecule has 0 aliphatic heterocycles. The van der Waals surface area contributed by atoms with E-state index in [1.54, 1.807) is 36.4 Å². The molecule has 0 aromatic heterocycles. The molecule has 0 heterocycles. The van der Waals surface area contributed by atoms with E-state index >= 15 is 0 Å². The van der Waals surface area contributed by atoms with Crippen LogP contribution in [0.4, 0.5) is 0 Å². The van der Waals surface area contributed by atoms with Gasteiger partial charge in [-0.2, -0.15) is 0 Å². The molecule has 0 saturated carbocycles. The highest BCUT2D eigenvalue weighted by Crippen LogP contribution is 2.16. The van der Waals surface area contributed by atoms with Gasteiger partial charge in [-0.1, -0.05) is 31.5 Å². The van der Waals surface area contributed by atoms with Crippen LogP contribution < -0.4 is 9.47 Å². The van der Waals surface area contributed by atoms with Crippen LogP contribution >= 0.6 is 0 Å². The normalized spacial score (nSPS) is 11.6. The fourth-order valence-corrected chi connectivity index (χ4v) is 2.51. The Morgan fingerprint density at radius 2 is 1.34 bits per heavy atom. The molecular weight excluding hydrogens is 412 g/mol.